The molecule has 3 rings (SSSR count). The number of hydrogen-bond donors (Lipinski definition) is 1. The van der Waals surface area contributed by atoms with Crippen LogP contribution in [-0.2, 0) is 5.41 Å². The van der Waals surface area contributed by atoms with E-state index in [2.05, 4.69) is 10.1 Å². The van der Waals surface area contributed by atoms with Gasteiger partial charge >= 0.3 is 0 Å². The first-order chi connectivity index (χ1) is 8.34. The molecule has 0 spiro atoms. The average molecular weight is 286 g/mol. The topological polar surface area (TPSA) is 64.9 Å². The van der Waals surface area contributed by atoms with E-state index in [1.54, 1.807) is 11.3 Å². The molecule has 0 saturated heterocycles. The molecule has 0 atom stereocenters. The highest BCUT2D eigenvalue weighted by atomic mass is 35.5. The second-order valence-corrected chi connectivity index (χ2v) is 5.54. The molecule has 98 valence electrons. The lowest BCUT2D eigenvalue weighted by Crippen LogP contribution is -2.32. The molecule has 0 aliphatic heterocycles. The van der Waals surface area contributed by atoms with Crippen LogP contribution in [0.25, 0.3) is 10.7 Å². The van der Waals surface area contributed by atoms with E-state index in [9.17, 15) is 0 Å². The van der Waals surface area contributed by atoms with Crippen molar-refractivity contribution in [2.45, 2.75) is 31.1 Å². The Bertz CT molecular complexity index is 491. The molecule has 1 saturated carbocycles. The van der Waals surface area contributed by atoms with Crippen molar-refractivity contribution in [3.8, 4) is 10.7 Å². The van der Waals surface area contributed by atoms with Gasteiger partial charge in [0.15, 0.2) is 0 Å². The molecule has 0 aromatic carbocycles. The van der Waals surface area contributed by atoms with E-state index in [-0.39, 0.29) is 17.8 Å². The van der Waals surface area contributed by atoms with E-state index in [0.29, 0.717) is 12.4 Å². The lowest BCUT2D eigenvalue weighted by atomic mass is 9.86. The van der Waals surface area contributed by atoms with Crippen LogP contribution in [0, 0.1) is 0 Å². The molecule has 2 N–H and O–H groups in total. The number of rotatable bonds is 3. The van der Waals surface area contributed by atoms with Gasteiger partial charge in [0.05, 0.1) is 10.3 Å². The van der Waals surface area contributed by atoms with Crippen molar-refractivity contribution in [2.24, 2.45) is 5.73 Å². The third kappa shape index (κ3) is 2.18. The summed E-state index contributed by atoms with van der Waals surface area (Å²) in [6.07, 6.45) is 4.53. The van der Waals surface area contributed by atoms with Gasteiger partial charge in [-0.25, -0.2) is 0 Å². The fourth-order valence-electron chi connectivity index (χ4n) is 2.50. The van der Waals surface area contributed by atoms with Crippen LogP contribution < -0.4 is 5.73 Å². The summed E-state index contributed by atoms with van der Waals surface area (Å²) in [6.45, 7) is 0.596. The van der Waals surface area contributed by atoms with E-state index in [0.717, 1.165) is 23.6 Å². The van der Waals surface area contributed by atoms with Crippen LogP contribution in [0.5, 0.6) is 0 Å². The quantitative estimate of drug-likeness (QED) is 0.941. The van der Waals surface area contributed by atoms with Crippen molar-refractivity contribution in [2.75, 3.05) is 6.54 Å². The zero-order chi connectivity index (χ0) is 11.7. The Labute approximate surface area is 116 Å². The van der Waals surface area contributed by atoms with Crippen LogP contribution in [-0.4, -0.2) is 16.7 Å². The molecule has 1 aliphatic rings. The predicted octanol–water partition coefficient (Wildman–Crippen LogP) is 2.99. The summed E-state index contributed by atoms with van der Waals surface area (Å²) in [4.78, 5) is 5.58. The van der Waals surface area contributed by atoms with Crippen LogP contribution in [0.2, 0.25) is 0 Å². The minimum atomic E-state index is -0.0670. The first-order valence-corrected chi connectivity index (χ1v) is 6.80. The third-order valence-corrected chi connectivity index (χ3v) is 4.44. The molecule has 2 heterocycles. The van der Waals surface area contributed by atoms with Crippen molar-refractivity contribution >= 4 is 23.7 Å². The first kappa shape index (κ1) is 13.5. The van der Waals surface area contributed by atoms with Crippen molar-refractivity contribution in [3.63, 3.8) is 0 Å². The minimum Gasteiger partial charge on any atom is -0.338 e. The number of nitrogens with two attached hydrogens (primary N) is 1. The Morgan fingerprint density at radius 1 is 1.39 bits per heavy atom. The molecule has 1 aliphatic carbocycles. The normalized spacial score (nSPS) is 17.6. The molecular formula is C12H16ClN3OS. The lowest BCUT2D eigenvalue weighted by molar-refractivity contribution is 0.284. The SMILES string of the molecule is Cl.NCC1(c2nc(-c3cccs3)no2)CCCC1. The molecule has 18 heavy (non-hydrogen) atoms. The van der Waals surface area contributed by atoms with E-state index < -0.39 is 0 Å². The molecule has 1 fully saturated rings. The fraction of sp³-hybridized carbons (Fsp3) is 0.500. The molecule has 0 radical (unpaired) electrons. The molecule has 2 aromatic heterocycles. The van der Waals surface area contributed by atoms with Crippen molar-refractivity contribution in [3.05, 3.63) is 23.4 Å². The van der Waals surface area contributed by atoms with Gasteiger partial charge in [-0.15, -0.1) is 23.7 Å². The first-order valence-electron chi connectivity index (χ1n) is 5.92. The zero-order valence-electron chi connectivity index (χ0n) is 9.96. The van der Waals surface area contributed by atoms with Crippen LogP contribution >= 0.6 is 23.7 Å². The molecule has 4 nitrogen and oxygen atoms in total. The summed E-state index contributed by atoms with van der Waals surface area (Å²) in [6, 6.07) is 3.99. The second kappa shape index (κ2) is 5.38. The van der Waals surface area contributed by atoms with Crippen LogP contribution in [0.15, 0.2) is 22.0 Å². The van der Waals surface area contributed by atoms with Gasteiger partial charge in [0.2, 0.25) is 11.7 Å². The highest BCUT2D eigenvalue weighted by Crippen LogP contribution is 2.40. The van der Waals surface area contributed by atoms with Gasteiger partial charge in [-0.05, 0) is 24.3 Å². The van der Waals surface area contributed by atoms with Gasteiger partial charge in [-0.2, -0.15) is 4.98 Å². The van der Waals surface area contributed by atoms with E-state index in [1.165, 1.54) is 12.8 Å². The van der Waals surface area contributed by atoms with E-state index >= 15 is 0 Å². The van der Waals surface area contributed by atoms with Crippen LogP contribution in [0.4, 0.5) is 0 Å². The molecule has 6 heteroatoms. The number of halogens is 1. The summed E-state index contributed by atoms with van der Waals surface area (Å²) in [5, 5.41) is 6.08. The zero-order valence-corrected chi connectivity index (χ0v) is 11.6. The van der Waals surface area contributed by atoms with Crippen molar-refractivity contribution in [1.29, 1.82) is 0 Å². The van der Waals surface area contributed by atoms with Crippen molar-refractivity contribution in [1.82, 2.24) is 10.1 Å². The van der Waals surface area contributed by atoms with E-state index in [4.69, 9.17) is 10.3 Å². The number of hydrogen-bond acceptors (Lipinski definition) is 5. The maximum absolute atomic E-state index is 5.90. The summed E-state index contributed by atoms with van der Waals surface area (Å²) in [5.74, 6) is 1.41. The Morgan fingerprint density at radius 2 is 2.17 bits per heavy atom. The summed E-state index contributed by atoms with van der Waals surface area (Å²) >= 11 is 1.62. The van der Waals surface area contributed by atoms with Crippen LogP contribution in [0.1, 0.15) is 31.6 Å². The number of thiophene rings is 1. The Kier molecular flexibility index (Phi) is 4.04. The van der Waals surface area contributed by atoms with Gasteiger partial charge in [0.25, 0.3) is 0 Å². The smallest absolute Gasteiger partial charge is 0.234 e. The highest BCUT2D eigenvalue weighted by molar-refractivity contribution is 7.13. The lowest BCUT2D eigenvalue weighted by Gasteiger charge is -2.21. The molecule has 0 amide bonds. The molecule has 0 unspecified atom stereocenters. The van der Waals surface area contributed by atoms with Gasteiger partial charge in [0.1, 0.15) is 0 Å². The highest BCUT2D eigenvalue weighted by Gasteiger charge is 2.39. The minimum absolute atomic E-state index is 0. The Morgan fingerprint density at radius 3 is 2.78 bits per heavy atom. The summed E-state index contributed by atoms with van der Waals surface area (Å²) < 4.78 is 5.43. The van der Waals surface area contributed by atoms with Gasteiger partial charge in [-0.3, -0.25) is 0 Å². The average Bonchev–Trinajstić information content (AvgIpc) is 3.10. The molecular weight excluding hydrogens is 270 g/mol. The van der Waals surface area contributed by atoms with E-state index in [1.807, 2.05) is 17.5 Å². The van der Waals surface area contributed by atoms with Gasteiger partial charge < -0.3 is 10.3 Å². The maximum atomic E-state index is 5.90. The fourth-order valence-corrected chi connectivity index (χ4v) is 3.15. The summed E-state index contributed by atoms with van der Waals surface area (Å²) in [5.41, 5.74) is 5.84. The second-order valence-electron chi connectivity index (χ2n) is 4.59. The third-order valence-electron chi connectivity index (χ3n) is 3.57. The largest absolute Gasteiger partial charge is 0.338 e. The van der Waals surface area contributed by atoms with Crippen LogP contribution in [0.3, 0.4) is 0 Å². The Balaban J connectivity index is 0.00000120. The maximum Gasteiger partial charge on any atom is 0.234 e. The monoisotopic (exact) mass is 285 g/mol. The molecule has 2 aromatic rings. The standard InChI is InChI=1S/C12H15N3OS.ClH/c13-8-12(5-1-2-6-12)11-14-10(15-16-11)9-4-3-7-17-9;/h3-4,7H,1-2,5-6,8,13H2;1H. The van der Waals surface area contributed by atoms with Crippen molar-refractivity contribution < 1.29 is 4.52 Å². The number of nitrogens with zero attached hydrogens (tertiary/aromatic N) is 2. The number of aromatic nitrogens is 2. The predicted molar refractivity (Wildman–Crippen MR) is 74.1 cm³/mol. The summed E-state index contributed by atoms with van der Waals surface area (Å²) in [7, 11) is 0. The molecule has 0 bridgehead atoms. The van der Waals surface area contributed by atoms with Gasteiger partial charge in [0, 0.05) is 6.54 Å². The van der Waals surface area contributed by atoms with Gasteiger partial charge in [-0.1, -0.05) is 24.1 Å². The Hall–Kier alpha value is -0.910.